The minimum atomic E-state index is 0.551. The quantitative estimate of drug-likeness (QED) is 0.542. The van der Waals surface area contributed by atoms with Gasteiger partial charge in [-0.15, -0.1) is 0 Å². The molecule has 2 aliphatic heterocycles. The average molecular weight is 153 g/mol. The largest absolute Gasteiger partial charge is 0.371 e. The number of nitrogens with zero attached hydrogens (tertiary/aromatic N) is 2. The lowest BCUT2D eigenvalue weighted by molar-refractivity contribution is 0.0234. The van der Waals surface area contributed by atoms with Gasteiger partial charge in [0.2, 0.25) is 0 Å². The van der Waals surface area contributed by atoms with E-state index < -0.39 is 0 Å². The molecule has 0 amide bonds. The van der Waals surface area contributed by atoms with Gasteiger partial charge >= 0.3 is 0 Å². The predicted molar refractivity (Wildman–Crippen MR) is 44.6 cm³/mol. The first-order valence-electron chi connectivity index (χ1n) is 4.25. The first-order chi connectivity index (χ1) is 5.29. The monoisotopic (exact) mass is 153 g/mol. The van der Waals surface area contributed by atoms with E-state index in [0.717, 1.165) is 6.54 Å². The minimum Gasteiger partial charge on any atom is -0.371 e. The zero-order valence-corrected chi connectivity index (χ0v) is 7.17. The van der Waals surface area contributed by atoms with E-state index in [1.54, 1.807) is 0 Å². The molecule has 0 saturated carbocycles. The molecule has 1 N–H and O–H groups in total. The summed E-state index contributed by atoms with van der Waals surface area (Å²) in [7, 11) is 2.14. The summed E-state index contributed by atoms with van der Waals surface area (Å²) >= 11 is 0. The lowest BCUT2D eigenvalue weighted by Gasteiger charge is -2.34. The molecule has 0 aromatic carbocycles. The van der Waals surface area contributed by atoms with Crippen LogP contribution in [0.25, 0.3) is 0 Å². The van der Waals surface area contributed by atoms with Crippen LogP contribution in [0.5, 0.6) is 0 Å². The van der Waals surface area contributed by atoms with Crippen molar-refractivity contribution >= 4 is 0 Å². The predicted octanol–water partition coefficient (Wildman–Crippen LogP) is 0.372. The van der Waals surface area contributed by atoms with E-state index >= 15 is 0 Å². The Balaban J connectivity index is 2.16. The zero-order chi connectivity index (χ0) is 7.84. The average Bonchev–Trinajstić information content (AvgIpc) is 2.30. The van der Waals surface area contributed by atoms with Gasteiger partial charge in [0, 0.05) is 26.2 Å². The molecule has 1 fully saturated rings. The normalized spacial score (nSPS) is 31.3. The van der Waals surface area contributed by atoms with E-state index in [9.17, 15) is 0 Å². The van der Waals surface area contributed by atoms with E-state index in [4.69, 9.17) is 0 Å². The third-order valence-electron chi connectivity index (χ3n) is 2.50. The molecule has 1 unspecified atom stereocenters. The number of nitrogens with one attached hydrogen (secondary N) is 1. The van der Waals surface area contributed by atoms with Crippen molar-refractivity contribution in [2.24, 2.45) is 0 Å². The maximum atomic E-state index is 3.39. The maximum Gasteiger partial charge on any atom is 0.113 e. The van der Waals surface area contributed by atoms with Gasteiger partial charge in [0.05, 0.1) is 0 Å². The first kappa shape index (κ1) is 6.98. The highest BCUT2D eigenvalue weighted by molar-refractivity contribution is 5.10. The summed E-state index contributed by atoms with van der Waals surface area (Å²) in [5, 5.41) is 7.98. The van der Waals surface area contributed by atoms with Crippen LogP contribution in [-0.2, 0) is 0 Å². The Labute approximate surface area is 67.6 Å². The number of likely N-dealkylation sites (N-methyl/N-ethyl adjacent to an activating group) is 1. The molecule has 0 radical (unpaired) electrons. The van der Waals surface area contributed by atoms with Crippen molar-refractivity contribution < 1.29 is 0 Å². The second kappa shape index (κ2) is 2.41. The number of hydrazine groups is 1. The SMILES string of the molecule is CC1C=C2NCCCN2N1C. The Kier molecular flexibility index (Phi) is 1.53. The fraction of sp³-hybridized carbons (Fsp3) is 0.750. The molecule has 0 spiro atoms. The van der Waals surface area contributed by atoms with Crippen LogP contribution in [0.2, 0.25) is 0 Å². The van der Waals surface area contributed by atoms with Crippen LogP contribution < -0.4 is 5.32 Å². The van der Waals surface area contributed by atoms with E-state index in [-0.39, 0.29) is 0 Å². The van der Waals surface area contributed by atoms with Crippen LogP contribution in [0.1, 0.15) is 13.3 Å². The summed E-state index contributed by atoms with van der Waals surface area (Å²) < 4.78 is 0. The summed E-state index contributed by atoms with van der Waals surface area (Å²) in [5.41, 5.74) is 0. The summed E-state index contributed by atoms with van der Waals surface area (Å²) in [5.74, 6) is 1.30. The van der Waals surface area contributed by atoms with Crippen molar-refractivity contribution in [3.05, 3.63) is 11.9 Å². The summed E-state index contributed by atoms with van der Waals surface area (Å²) in [6, 6.07) is 0.551. The van der Waals surface area contributed by atoms with Crippen molar-refractivity contribution in [1.29, 1.82) is 0 Å². The van der Waals surface area contributed by atoms with Crippen LogP contribution in [-0.4, -0.2) is 36.2 Å². The lowest BCUT2D eigenvalue weighted by atomic mass is 10.3. The Morgan fingerprint density at radius 2 is 2.45 bits per heavy atom. The topological polar surface area (TPSA) is 18.5 Å². The molecule has 1 saturated heterocycles. The molecule has 2 heterocycles. The molecular weight excluding hydrogens is 138 g/mol. The van der Waals surface area contributed by atoms with Crippen LogP contribution in [0.4, 0.5) is 0 Å². The maximum absolute atomic E-state index is 3.39. The van der Waals surface area contributed by atoms with E-state index in [0.29, 0.717) is 6.04 Å². The Hall–Kier alpha value is -0.700. The number of fused-ring (bicyclic) bond motifs is 1. The van der Waals surface area contributed by atoms with Crippen molar-refractivity contribution in [3.8, 4) is 0 Å². The molecule has 62 valence electrons. The Bertz CT molecular complexity index is 188. The molecule has 3 heteroatoms. The Morgan fingerprint density at radius 3 is 3.18 bits per heavy atom. The third-order valence-corrected chi connectivity index (χ3v) is 2.50. The van der Waals surface area contributed by atoms with Crippen LogP contribution in [0.15, 0.2) is 11.9 Å². The molecule has 0 aromatic rings. The second-order valence-electron chi connectivity index (χ2n) is 3.27. The molecule has 11 heavy (non-hydrogen) atoms. The van der Waals surface area contributed by atoms with Crippen LogP contribution in [0.3, 0.4) is 0 Å². The molecule has 0 aliphatic carbocycles. The molecule has 0 aromatic heterocycles. The Morgan fingerprint density at radius 1 is 1.64 bits per heavy atom. The highest BCUT2D eigenvalue weighted by Gasteiger charge is 2.27. The molecule has 2 rings (SSSR count). The lowest BCUT2D eigenvalue weighted by Crippen LogP contribution is -2.45. The molecule has 3 nitrogen and oxygen atoms in total. The van der Waals surface area contributed by atoms with Crippen molar-refractivity contribution in [3.63, 3.8) is 0 Å². The summed E-state index contributed by atoms with van der Waals surface area (Å²) in [6.45, 7) is 4.51. The van der Waals surface area contributed by atoms with Crippen LogP contribution >= 0.6 is 0 Å². The van der Waals surface area contributed by atoms with Crippen LogP contribution in [0, 0.1) is 0 Å². The minimum absolute atomic E-state index is 0.551. The molecule has 0 bridgehead atoms. The van der Waals surface area contributed by atoms with Crippen molar-refractivity contribution in [2.75, 3.05) is 20.1 Å². The van der Waals surface area contributed by atoms with Gasteiger partial charge in [-0.3, -0.25) is 5.01 Å². The molecular formula is C8H15N3. The van der Waals surface area contributed by atoms with E-state index in [1.807, 2.05) is 0 Å². The first-order valence-corrected chi connectivity index (χ1v) is 4.25. The van der Waals surface area contributed by atoms with Gasteiger partial charge in [-0.05, 0) is 19.4 Å². The fourth-order valence-corrected chi connectivity index (χ4v) is 1.69. The van der Waals surface area contributed by atoms with Gasteiger partial charge in [0.25, 0.3) is 0 Å². The van der Waals surface area contributed by atoms with Gasteiger partial charge < -0.3 is 5.32 Å². The highest BCUT2D eigenvalue weighted by Crippen LogP contribution is 2.20. The molecule has 1 atom stereocenters. The van der Waals surface area contributed by atoms with Gasteiger partial charge in [0.1, 0.15) is 5.82 Å². The highest BCUT2D eigenvalue weighted by atomic mass is 15.7. The summed E-state index contributed by atoms with van der Waals surface area (Å²) in [6.07, 6.45) is 3.52. The molecule has 2 aliphatic rings. The number of rotatable bonds is 0. The third kappa shape index (κ3) is 0.997. The van der Waals surface area contributed by atoms with E-state index in [1.165, 1.54) is 18.8 Å². The summed E-state index contributed by atoms with van der Waals surface area (Å²) in [4.78, 5) is 0. The standard InChI is InChI=1S/C8H15N3/c1-7-6-8-9-4-3-5-11(8)10(7)2/h6-7,9H,3-5H2,1-2H3. The second-order valence-corrected chi connectivity index (χ2v) is 3.27. The van der Waals surface area contributed by atoms with Gasteiger partial charge in [-0.2, -0.15) is 0 Å². The smallest absolute Gasteiger partial charge is 0.113 e. The van der Waals surface area contributed by atoms with E-state index in [2.05, 4.69) is 35.4 Å². The van der Waals surface area contributed by atoms with Crippen molar-refractivity contribution in [1.82, 2.24) is 15.3 Å². The number of hydrogen-bond donors (Lipinski definition) is 1. The van der Waals surface area contributed by atoms with Crippen molar-refractivity contribution in [2.45, 2.75) is 19.4 Å². The van der Waals surface area contributed by atoms with Gasteiger partial charge in [-0.25, -0.2) is 5.01 Å². The van der Waals surface area contributed by atoms with Gasteiger partial charge in [0.15, 0.2) is 0 Å². The fourth-order valence-electron chi connectivity index (χ4n) is 1.69. The van der Waals surface area contributed by atoms with Gasteiger partial charge in [-0.1, -0.05) is 0 Å². The number of hydrogen-bond acceptors (Lipinski definition) is 3. The zero-order valence-electron chi connectivity index (χ0n) is 7.17.